The Morgan fingerprint density at radius 1 is 1.50 bits per heavy atom. The molecule has 0 fully saturated rings. The summed E-state index contributed by atoms with van der Waals surface area (Å²) in [6.45, 7) is 6.27. The summed E-state index contributed by atoms with van der Waals surface area (Å²) in [5, 5.41) is 0. The van der Waals surface area contributed by atoms with Crippen molar-refractivity contribution in [2.24, 2.45) is 4.99 Å². The predicted molar refractivity (Wildman–Crippen MR) is 55.7 cm³/mol. The molecule has 2 heteroatoms. The lowest BCUT2D eigenvalue weighted by molar-refractivity contribution is 0.325. The van der Waals surface area contributed by atoms with Crippen molar-refractivity contribution in [1.82, 2.24) is 4.90 Å². The molecule has 0 aliphatic heterocycles. The second-order valence-corrected chi connectivity index (χ2v) is 3.09. The molecule has 2 nitrogen and oxygen atoms in total. The number of aliphatic imine (C=N–C) groups is 1. The molecule has 1 unspecified atom stereocenters. The summed E-state index contributed by atoms with van der Waals surface area (Å²) >= 11 is 0. The van der Waals surface area contributed by atoms with E-state index in [1.165, 1.54) is 5.57 Å². The van der Waals surface area contributed by atoms with Crippen LogP contribution in [0.2, 0.25) is 0 Å². The van der Waals surface area contributed by atoms with Gasteiger partial charge in [0, 0.05) is 6.21 Å². The van der Waals surface area contributed by atoms with Crippen molar-refractivity contribution in [2.45, 2.75) is 33.4 Å². The topological polar surface area (TPSA) is 15.6 Å². The lowest BCUT2D eigenvalue weighted by Crippen LogP contribution is -2.22. The summed E-state index contributed by atoms with van der Waals surface area (Å²) in [4.78, 5) is 6.48. The number of rotatable bonds is 4. The Hall–Kier alpha value is -0.630. The second-order valence-electron chi connectivity index (χ2n) is 3.09. The lowest BCUT2D eigenvalue weighted by Gasteiger charge is -2.14. The van der Waals surface area contributed by atoms with Crippen molar-refractivity contribution in [3.05, 3.63) is 11.6 Å². The first-order valence-corrected chi connectivity index (χ1v) is 4.46. The van der Waals surface area contributed by atoms with Crippen LogP contribution >= 0.6 is 0 Å². The van der Waals surface area contributed by atoms with E-state index in [4.69, 9.17) is 0 Å². The zero-order valence-electron chi connectivity index (χ0n) is 8.83. The van der Waals surface area contributed by atoms with E-state index in [2.05, 4.69) is 29.8 Å². The molecule has 0 heterocycles. The van der Waals surface area contributed by atoms with Gasteiger partial charge in [0.15, 0.2) is 0 Å². The Kier molecular flexibility index (Phi) is 5.64. The number of hydrogen-bond donors (Lipinski definition) is 0. The minimum Gasteiger partial charge on any atom is -0.288 e. The van der Waals surface area contributed by atoms with Crippen LogP contribution in [0.15, 0.2) is 16.6 Å². The molecule has 0 saturated carbocycles. The maximum Gasteiger partial charge on any atom is 0.0985 e. The zero-order chi connectivity index (χ0) is 9.56. The summed E-state index contributed by atoms with van der Waals surface area (Å²) in [5.41, 5.74) is 1.30. The van der Waals surface area contributed by atoms with Gasteiger partial charge in [0.2, 0.25) is 0 Å². The Labute approximate surface area is 76.0 Å². The number of hydrogen-bond acceptors (Lipinski definition) is 2. The molecule has 0 aromatic heterocycles. The van der Waals surface area contributed by atoms with Gasteiger partial charge in [0.25, 0.3) is 0 Å². The fraction of sp³-hybridized carbons (Fsp3) is 0.700. The third-order valence-corrected chi connectivity index (χ3v) is 1.98. The highest BCUT2D eigenvalue weighted by atomic mass is 15.2. The lowest BCUT2D eigenvalue weighted by atomic mass is 10.2. The van der Waals surface area contributed by atoms with E-state index >= 15 is 0 Å². The van der Waals surface area contributed by atoms with Gasteiger partial charge in [-0.15, -0.1) is 0 Å². The maximum absolute atomic E-state index is 4.40. The smallest absolute Gasteiger partial charge is 0.0985 e. The molecular formula is C10H20N2. The molecule has 70 valence electrons. The molecule has 0 bridgehead atoms. The van der Waals surface area contributed by atoms with Gasteiger partial charge in [-0.05, 0) is 39.9 Å². The Morgan fingerprint density at radius 2 is 2.08 bits per heavy atom. The van der Waals surface area contributed by atoms with Crippen molar-refractivity contribution >= 4 is 6.21 Å². The Morgan fingerprint density at radius 3 is 2.42 bits per heavy atom. The third-order valence-electron chi connectivity index (χ3n) is 1.98. The van der Waals surface area contributed by atoms with Gasteiger partial charge >= 0.3 is 0 Å². The number of allylic oxidation sites excluding steroid dienone is 2. The standard InChI is InChI=1S/C10H20N2/c1-6-10(7-2)8-11-9(3)12(4)5/h6,8-9H,7H2,1-5H3/b10-6-,11-8?. The van der Waals surface area contributed by atoms with Gasteiger partial charge in [-0.25, -0.2) is 0 Å². The first-order chi connectivity index (χ1) is 5.61. The first-order valence-electron chi connectivity index (χ1n) is 4.46. The second kappa shape index (κ2) is 5.95. The van der Waals surface area contributed by atoms with Crippen molar-refractivity contribution in [3.8, 4) is 0 Å². The molecule has 0 spiro atoms. The molecule has 0 N–H and O–H groups in total. The van der Waals surface area contributed by atoms with Crippen LogP contribution in [0.25, 0.3) is 0 Å². The monoisotopic (exact) mass is 168 g/mol. The van der Waals surface area contributed by atoms with Crippen LogP contribution in [0.5, 0.6) is 0 Å². The van der Waals surface area contributed by atoms with E-state index < -0.39 is 0 Å². The average molecular weight is 168 g/mol. The van der Waals surface area contributed by atoms with Gasteiger partial charge < -0.3 is 0 Å². The van der Waals surface area contributed by atoms with Crippen LogP contribution in [0.1, 0.15) is 27.2 Å². The summed E-state index contributed by atoms with van der Waals surface area (Å²) in [7, 11) is 4.06. The summed E-state index contributed by atoms with van der Waals surface area (Å²) in [5.74, 6) is 0. The zero-order valence-corrected chi connectivity index (χ0v) is 8.83. The summed E-state index contributed by atoms with van der Waals surface area (Å²) in [6.07, 6.45) is 5.39. The Bertz CT molecular complexity index is 169. The molecule has 0 aliphatic rings. The van der Waals surface area contributed by atoms with Gasteiger partial charge in [0.1, 0.15) is 0 Å². The highest BCUT2D eigenvalue weighted by Gasteiger charge is 1.98. The Balaban J connectivity index is 4.05. The normalized spacial score (nSPS) is 16.0. The fourth-order valence-electron chi connectivity index (χ4n) is 0.707. The van der Waals surface area contributed by atoms with E-state index in [1.807, 2.05) is 27.2 Å². The van der Waals surface area contributed by atoms with Gasteiger partial charge in [0.05, 0.1) is 6.17 Å². The molecule has 0 aromatic rings. The molecule has 1 atom stereocenters. The first kappa shape index (κ1) is 11.4. The van der Waals surface area contributed by atoms with Crippen LogP contribution in [0.4, 0.5) is 0 Å². The fourth-order valence-corrected chi connectivity index (χ4v) is 0.707. The predicted octanol–water partition coefficient (Wildman–Crippen LogP) is 2.32. The minimum absolute atomic E-state index is 0.270. The van der Waals surface area contributed by atoms with E-state index in [0.717, 1.165) is 6.42 Å². The van der Waals surface area contributed by atoms with Gasteiger partial charge in [-0.1, -0.05) is 13.0 Å². The molecule has 0 radical (unpaired) electrons. The van der Waals surface area contributed by atoms with E-state index in [1.54, 1.807) is 0 Å². The summed E-state index contributed by atoms with van der Waals surface area (Å²) < 4.78 is 0. The minimum atomic E-state index is 0.270. The SMILES string of the molecule is C/C=C(\C=NC(C)N(C)C)CC. The maximum atomic E-state index is 4.40. The van der Waals surface area contributed by atoms with Crippen LogP contribution in [-0.2, 0) is 0 Å². The molecule has 0 aliphatic carbocycles. The van der Waals surface area contributed by atoms with Crippen molar-refractivity contribution in [1.29, 1.82) is 0 Å². The molecular weight excluding hydrogens is 148 g/mol. The van der Waals surface area contributed by atoms with Crippen LogP contribution < -0.4 is 0 Å². The largest absolute Gasteiger partial charge is 0.288 e. The highest BCUT2D eigenvalue weighted by Crippen LogP contribution is 1.98. The third kappa shape index (κ3) is 4.29. The average Bonchev–Trinajstić information content (AvgIpc) is 2.05. The van der Waals surface area contributed by atoms with Gasteiger partial charge in [-0.2, -0.15) is 0 Å². The molecule has 0 amide bonds. The van der Waals surface area contributed by atoms with Crippen LogP contribution in [0, 0.1) is 0 Å². The molecule has 0 aromatic carbocycles. The highest BCUT2D eigenvalue weighted by molar-refractivity contribution is 5.78. The van der Waals surface area contributed by atoms with Crippen molar-refractivity contribution < 1.29 is 0 Å². The van der Waals surface area contributed by atoms with E-state index in [0.29, 0.717) is 0 Å². The summed E-state index contributed by atoms with van der Waals surface area (Å²) in [6, 6.07) is 0. The molecule has 12 heavy (non-hydrogen) atoms. The van der Waals surface area contributed by atoms with E-state index in [-0.39, 0.29) is 6.17 Å². The number of nitrogens with zero attached hydrogens (tertiary/aromatic N) is 2. The molecule has 0 rings (SSSR count). The van der Waals surface area contributed by atoms with Crippen LogP contribution in [0.3, 0.4) is 0 Å². The van der Waals surface area contributed by atoms with Gasteiger partial charge in [-0.3, -0.25) is 9.89 Å². The van der Waals surface area contributed by atoms with Crippen molar-refractivity contribution in [2.75, 3.05) is 14.1 Å². The quantitative estimate of drug-likeness (QED) is 0.588. The van der Waals surface area contributed by atoms with Crippen LogP contribution in [-0.4, -0.2) is 31.4 Å². The van der Waals surface area contributed by atoms with Crippen molar-refractivity contribution in [3.63, 3.8) is 0 Å². The molecule has 0 saturated heterocycles. The van der Waals surface area contributed by atoms with E-state index in [9.17, 15) is 0 Å².